The van der Waals surface area contributed by atoms with Crippen LogP contribution in [-0.2, 0) is 32.6 Å². The number of unbranched alkanes of at least 4 members (excludes halogenated alkanes) is 1. The third kappa shape index (κ3) is 21.2. The quantitative estimate of drug-likeness (QED) is 0.0360. The van der Waals surface area contributed by atoms with Crippen molar-refractivity contribution in [2.75, 3.05) is 39.3 Å². The molecule has 2 aromatic carbocycles. The van der Waals surface area contributed by atoms with E-state index in [9.17, 15) is 24.0 Å². The number of hydrogen-bond acceptors (Lipinski definition) is 11. The normalized spacial score (nSPS) is 14.2. The molecular weight excluding hydrogens is 963 g/mol. The molecule has 3 rings (SSSR count). The molecule has 4 N–H and O–H groups in total. The zero-order valence-corrected chi connectivity index (χ0v) is 49.2. The van der Waals surface area contributed by atoms with Gasteiger partial charge in [0.25, 0.3) is 0 Å². The van der Waals surface area contributed by atoms with E-state index in [1.807, 2.05) is 77.9 Å². The van der Waals surface area contributed by atoms with Gasteiger partial charge in [0.2, 0.25) is 5.91 Å². The van der Waals surface area contributed by atoms with Crippen molar-refractivity contribution >= 4 is 46.9 Å². The minimum absolute atomic E-state index is 0.0270. The molecular formula is C55H93N5O11Si2. The Balaban J connectivity index is 1.94. The highest BCUT2D eigenvalue weighted by Gasteiger charge is 2.38. The summed E-state index contributed by atoms with van der Waals surface area (Å²) in [6.45, 7) is 30.0. The molecule has 0 fully saturated rings. The number of carbonyl (C=O) groups is 5. The fourth-order valence-corrected chi connectivity index (χ4v) is 14.9. The van der Waals surface area contributed by atoms with Crippen LogP contribution in [0.4, 0.5) is 19.2 Å². The summed E-state index contributed by atoms with van der Waals surface area (Å²) in [6.07, 6.45) is -1.84. The van der Waals surface area contributed by atoms with Crippen LogP contribution in [0.2, 0.25) is 36.3 Å². The molecule has 73 heavy (non-hydrogen) atoms. The van der Waals surface area contributed by atoms with Gasteiger partial charge in [-0.2, -0.15) is 0 Å². The molecule has 0 bridgehead atoms. The molecule has 1 aliphatic rings. The number of nitrogens with zero attached hydrogens (tertiary/aromatic N) is 1. The molecule has 1 aliphatic carbocycles. The van der Waals surface area contributed by atoms with Crippen molar-refractivity contribution in [3.05, 3.63) is 59.7 Å². The van der Waals surface area contributed by atoms with Crippen LogP contribution >= 0.6 is 0 Å². The summed E-state index contributed by atoms with van der Waals surface area (Å²) in [6, 6.07) is 20.3. The van der Waals surface area contributed by atoms with E-state index < -0.39 is 82.0 Å². The first kappa shape index (κ1) is 62.6. The summed E-state index contributed by atoms with van der Waals surface area (Å²) >= 11 is 0. The molecule has 0 heterocycles. The number of carbonyl (C=O) groups excluding carboxylic acids is 5. The first-order valence-corrected chi connectivity index (χ1v) is 32.0. The first-order valence-electron chi connectivity index (χ1n) is 26.9. The van der Waals surface area contributed by atoms with Crippen molar-refractivity contribution in [3.63, 3.8) is 0 Å². The standard InChI is InChI=1S/C55H93N5O11Si2/c1-16-72(17-2,18-3)70-40(33-35-57-50(63)68-54(10,11)12)37-60(52(65)69-55(13,14)15)38-41(71-73(19-4,20-5)21-6)36-58-48(61)47(32-26-27-34-56-49(62)67-53(7,8)9)59-51(64)66-39-46-44-30-24-22-28-42(44)43-29-23-25-31-45(43)46/h22-25,28-31,40-41,46-47H,16-21,26-27,32-39H2,1-15H3,(H,56,62)(H,57,63)(H,58,61)(H,59,64). The number of fused-ring (bicyclic) bond motifs is 3. The SMILES string of the molecule is CC[Si](CC)(CC)OC(CCNC(=O)OC(C)(C)C)CN(CC(CNC(=O)C(CCCCNC(=O)OC(C)(C)C)NC(=O)OCC1c2ccccc2-c2ccccc21)O[Si](CC)(CC)CC)C(=O)OC(C)(C)C. The molecule has 3 unspecified atom stereocenters. The lowest BCUT2D eigenvalue weighted by Crippen LogP contribution is -2.54. The van der Waals surface area contributed by atoms with Crippen LogP contribution in [0, 0.1) is 0 Å². The lowest BCUT2D eigenvalue weighted by Gasteiger charge is -2.39. The van der Waals surface area contributed by atoms with E-state index in [1.54, 1.807) is 25.7 Å². The molecule has 2 aromatic rings. The maximum absolute atomic E-state index is 14.5. The van der Waals surface area contributed by atoms with Crippen LogP contribution in [0.5, 0.6) is 0 Å². The van der Waals surface area contributed by atoms with Gasteiger partial charge < -0.3 is 54.0 Å². The number of benzene rings is 2. The second-order valence-electron chi connectivity index (χ2n) is 22.3. The Bertz CT molecular complexity index is 2000. The number of nitrogens with one attached hydrogen (secondary N) is 4. The summed E-state index contributed by atoms with van der Waals surface area (Å²) < 4.78 is 37.1. The van der Waals surface area contributed by atoms with Crippen molar-refractivity contribution in [3.8, 4) is 11.1 Å². The molecule has 3 atom stereocenters. The Morgan fingerprint density at radius 2 is 1.01 bits per heavy atom. The lowest BCUT2D eigenvalue weighted by molar-refractivity contribution is -0.123. The van der Waals surface area contributed by atoms with Gasteiger partial charge in [0.05, 0.1) is 18.8 Å². The maximum atomic E-state index is 14.5. The van der Waals surface area contributed by atoms with Crippen LogP contribution in [-0.4, -0.2) is 126 Å². The van der Waals surface area contributed by atoms with E-state index in [4.69, 9.17) is 27.8 Å². The van der Waals surface area contributed by atoms with E-state index >= 15 is 0 Å². The second-order valence-corrected chi connectivity index (χ2v) is 31.7. The van der Waals surface area contributed by atoms with E-state index in [1.165, 1.54) is 0 Å². The van der Waals surface area contributed by atoms with Gasteiger partial charge in [0.15, 0.2) is 16.6 Å². The molecule has 0 saturated heterocycles. The Hall–Kier alpha value is -4.66. The van der Waals surface area contributed by atoms with E-state index in [-0.39, 0.29) is 45.1 Å². The van der Waals surface area contributed by atoms with Crippen molar-refractivity contribution in [1.82, 2.24) is 26.2 Å². The van der Waals surface area contributed by atoms with Gasteiger partial charge in [-0.1, -0.05) is 90.1 Å². The predicted molar refractivity (Wildman–Crippen MR) is 294 cm³/mol. The molecule has 18 heteroatoms. The van der Waals surface area contributed by atoms with E-state index in [0.717, 1.165) is 58.5 Å². The van der Waals surface area contributed by atoms with Crippen molar-refractivity contribution in [1.29, 1.82) is 0 Å². The number of alkyl carbamates (subject to hydrolysis) is 3. The third-order valence-electron chi connectivity index (χ3n) is 13.4. The topological polar surface area (TPSA) is 192 Å². The fourth-order valence-electron chi connectivity index (χ4n) is 9.10. The van der Waals surface area contributed by atoms with Crippen LogP contribution < -0.4 is 21.3 Å². The zero-order chi connectivity index (χ0) is 54.6. The molecule has 0 aliphatic heterocycles. The minimum atomic E-state index is -2.38. The van der Waals surface area contributed by atoms with E-state index in [0.29, 0.717) is 25.8 Å². The highest BCUT2D eigenvalue weighted by Crippen LogP contribution is 2.44. The molecule has 0 aromatic heterocycles. The average Bonchev–Trinajstić information content (AvgIpc) is 3.64. The summed E-state index contributed by atoms with van der Waals surface area (Å²) in [5, 5.41) is 11.6. The Morgan fingerprint density at radius 1 is 0.562 bits per heavy atom. The summed E-state index contributed by atoms with van der Waals surface area (Å²) in [5.74, 6) is -0.618. The van der Waals surface area contributed by atoms with Crippen molar-refractivity contribution in [2.45, 2.75) is 207 Å². The van der Waals surface area contributed by atoms with Gasteiger partial charge >= 0.3 is 24.4 Å². The predicted octanol–water partition coefficient (Wildman–Crippen LogP) is 11.6. The highest BCUT2D eigenvalue weighted by atomic mass is 28.4. The lowest BCUT2D eigenvalue weighted by atomic mass is 9.98. The molecule has 0 spiro atoms. The van der Waals surface area contributed by atoms with Crippen molar-refractivity contribution in [2.24, 2.45) is 0 Å². The average molecular weight is 1060 g/mol. The van der Waals surface area contributed by atoms with E-state index in [2.05, 4.69) is 74.9 Å². The Morgan fingerprint density at radius 3 is 1.49 bits per heavy atom. The smallest absolute Gasteiger partial charge is 0.410 e. The third-order valence-corrected chi connectivity index (χ3v) is 22.8. The monoisotopic (exact) mass is 1060 g/mol. The summed E-state index contributed by atoms with van der Waals surface area (Å²) in [7, 11) is -4.63. The zero-order valence-electron chi connectivity index (χ0n) is 47.2. The van der Waals surface area contributed by atoms with Crippen LogP contribution in [0.25, 0.3) is 11.1 Å². The van der Waals surface area contributed by atoms with Gasteiger partial charge in [-0.25, -0.2) is 19.2 Å². The van der Waals surface area contributed by atoms with Gasteiger partial charge in [-0.3, -0.25) is 4.79 Å². The van der Waals surface area contributed by atoms with Crippen molar-refractivity contribution < 1.29 is 51.8 Å². The number of ether oxygens (including phenoxy) is 4. The van der Waals surface area contributed by atoms with Crippen LogP contribution in [0.3, 0.4) is 0 Å². The molecule has 5 amide bonds. The van der Waals surface area contributed by atoms with Gasteiger partial charge in [0.1, 0.15) is 29.5 Å². The van der Waals surface area contributed by atoms with Crippen LogP contribution in [0.15, 0.2) is 48.5 Å². The molecule has 16 nitrogen and oxygen atoms in total. The summed E-state index contributed by atoms with van der Waals surface area (Å²) in [4.78, 5) is 69.4. The highest BCUT2D eigenvalue weighted by molar-refractivity contribution is 6.74. The fraction of sp³-hybridized carbons (Fsp3) is 0.691. The molecule has 412 valence electrons. The molecule has 0 saturated carbocycles. The van der Waals surface area contributed by atoms with Crippen LogP contribution in [0.1, 0.15) is 147 Å². The van der Waals surface area contributed by atoms with Gasteiger partial charge in [-0.05, 0) is 147 Å². The maximum Gasteiger partial charge on any atom is 0.410 e. The van der Waals surface area contributed by atoms with Gasteiger partial charge in [-0.15, -0.1) is 0 Å². The minimum Gasteiger partial charge on any atom is -0.449 e. The molecule has 0 radical (unpaired) electrons. The second kappa shape index (κ2) is 28.9. The number of amides is 5. The number of hydrogen-bond donors (Lipinski definition) is 4. The van der Waals surface area contributed by atoms with Gasteiger partial charge in [0, 0.05) is 32.1 Å². The first-order chi connectivity index (χ1) is 34.2. The number of rotatable bonds is 28. The summed E-state index contributed by atoms with van der Waals surface area (Å²) in [5.41, 5.74) is 2.20. The Kier molecular flexibility index (Phi) is 24.8. The largest absolute Gasteiger partial charge is 0.449 e. The Labute approximate surface area is 440 Å².